The van der Waals surface area contributed by atoms with Crippen LogP contribution >= 0.6 is 11.3 Å². The highest BCUT2D eigenvalue weighted by atomic mass is 32.2. The van der Waals surface area contributed by atoms with Gasteiger partial charge in [-0.05, 0) is 95.3 Å². The van der Waals surface area contributed by atoms with Crippen molar-refractivity contribution in [3.05, 3.63) is 190 Å². The second-order valence-electron chi connectivity index (χ2n) is 17.8. The monoisotopic (exact) mass is 1110 g/mol. The van der Waals surface area contributed by atoms with Crippen molar-refractivity contribution in [2.75, 3.05) is 41.1 Å². The third-order valence-electron chi connectivity index (χ3n) is 12.5. The molecule has 0 aliphatic heterocycles. The molecule has 0 unspecified atom stereocenters. The lowest BCUT2D eigenvalue weighted by atomic mass is 9.78. The lowest BCUT2D eigenvalue weighted by molar-refractivity contribution is -0.387. The Kier molecular flexibility index (Phi) is 17.6. The molecule has 2 aromatic heterocycles. The van der Waals surface area contributed by atoms with Crippen LogP contribution in [0.15, 0.2) is 161 Å². The quantitative estimate of drug-likeness (QED) is 0.0130. The Hall–Kier alpha value is -7.80. The van der Waals surface area contributed by atoms with Gasteiger partial charge in [-0.25, -0.2) is 18.1 Å². The highest BCUT2D eigenvalue weighted by Crippen LogP contribution is 2.41. The zero-order valence-electron chi connectivity index (χ0n) is 42.5. The number of nitrogens with zero attached hydrogens (tertiary/aromatic N) is 5. The topological polar surface area (TPSA) is 252 Å². The lowest BCUT2D eigenvalue weighted by Crippen LogP contribution is -2.47. The summed E-state index contributed by atoms with van der Waals surface area (Å²) in [6.07, 6.45) is 2.04. The number of sulfonamides is 1. The number of nitro benzene ring substituents is 1. The summed E-state index contributed by atoms with van der Waals surface area (Å²) in [6, 6.07) is 39.7. The molecule has 20 nitrogen and oxygen atoms in total. The van der Waals surface area contributed by atoms with Crippen molar-refractivity contribution in [3.8, 4) is 23.0 Å². The van der Waals surface area contributed by atoms with Gasteiger partial charge < -0.3 is 29.0 Å². The number of carbonyl (C=O) groups is 1. The molecular formula is C54H55N7O13S3. The highest BCUT2D eigenvalue weighted by molar-refractivity contribution is 7.91. The van der Waals surface area contributed by atoms with E-state index >= 15 is 0 Å². The normalized spacial score (nSPS) is 12.8. The van der Waals surface area contributed by atoms with E-state index in [0.717, 1.165) is 29.0 Å². The van der Waals surface area contributed by atoms with Crippen LogP contribution in [0, 0.1) is 16.0 Å². The number of aromatic nitrogens is 4. The van der Waals surface area contributed by atoms with E-state index in [1.807, 2.05) is 68.4 Å². The smallest absolute Gasteiger partial charge is 0.323 e. The molecule has 0 bridgehead atoms. The van der Waals surface area contributed by atoms with E-state index in [0.29, 0.717) is 62.1 Å². The van der Waals surface area contributed by atoms with Gasteiger partial charge in [0.15, 0.2) is 4.90 Å². The number of methoxy groups -OCH3 is 3. The first kappa shape index (κ1) is 55.4. The molecule has 8 aromatic rings. The van der Waals surface area contributed by atoms with Gasteiger partial charge in [-0.1, -0.05) is 97.9 Å². The van der Waals surface area contributed by atoms with Crippen LogP contribution in [0.3, 0.4) is 0 Å². The minimum absolute atomic E-state index is 0.0493. The third-order valence-corrected chi connectivity index (χ3v) is 16.7. The van der Waals surface area contributed by atoms with Crippen molar-refractivity contribution in [1.82, 2.24) is 30.0 Å². The molecule has 0 radical (unpaired) electrons. The molecule has 2 atom stereocenters. The van der Waals surface area contributed by atoms with Gasteiger partial charge in [-0.2, -0.15) is 13.1 Å². The summed E-state index contributed by atoms with van der Waals surface area (Å²) in [7, 11) is -4.28. The molecule has 0 saturated heterocycles. The molecule has 2 N–H and O–H groups in total. The van der Waals surface area contributed by atoms with Gasteiger partial charge in [0.2, 0.25) is 4.34 Å². The molecule has 0 aliphatic rings. The first-order valence-electron chi connectivity index (χ1n) is 24.0. The summed E-state index contributed by atoms with van der Waals surface area (Å²) in [4.78, 5) is 27.6. The molecule has 2 heterocycles. The molecular weight excluding hydrogens is 1050 g/mol. The fraction of sp³-hybridized carbons (Fsp3) is 0.259. The molecule has 77 heavy (non-hydrogen) atoms. The zero-order chi connectivity index (χ0) is 54.7. The fourth-order valence-electron chi connectivity index (χ4n) is 8.50. The molecule has 8 rings (SSSR count). The number of fused-ring (bicyclic) bond motifs is 1. The first-order valence-corrected chi connectivity index (χ1v) is 27.7. The van der Waals surface area contributed by atoms with E-state index < -0.39 is 53.2 Å². The number of hydrogen-bond acceptors (Lipinski definition) is 18. The first-order chi connectivity index (χ1) is 37.0. The van der Waals surface area contributed by atoms with Crippen LogP contribution in [0.4, 0.5) is 5.69 Å². The van der Waals surface area contributed by atoms with Crippen molar-refractivity contribution in [2.45, 2.75) is 53.7 Å². The van der Waals surface area contributed by atoms with Crippen LogP contribution < -0.4 is 29.0 Å². The number of hydrogen-bond donors (Lipinski definition) is 2. The number of para-hydroxylation sites is 1. The van der Waals surface area contributed by atoms with E-state index in [1.165, 1.54) is 19.2 Å². The van der Waals surface area contributed by atoms with Crippen LogP contribution in [0.5, 0.6) is 23.0 Å². The number of nitrogens with one attached hydrogen (secondary N) is 2. The number of carbonyl (C=O) groups excluding carboxylic acids is 1. The average Bonchev–Trinajstić information content (AvgIpc) is 4.17. The molecule has 0 spiro atoms. The Labute approximate surface area is 449 Å². The van der Waals surface area contributed by atoms with Crippen molar-refractivity contribution >= 4 is 53.4 Å². The SMILES string of the molecule is COC(=O)[C@H](Cc1ccc(OCCOS(=O)(=O)c2ccccc2[N+](=O)[O-])cc1)NC[C@H](C(C)C)n1cc(COc2ccc3nc(S(=O)(=O)NC(c4ccccc4)(c4ccc(OC)cc4)c4ccc(OC)cc4)sc3c2)nn1. The summed E-state index contributed by atoms with van der Waals surface area (Å²) in [6.45, 7) is 3.87. The van der Waals surface area contributed by atoms with Crippen molar-refractivity contribution in [1.29, 1.82) is 0 Å². The second kappa shape index (κ2) is 24.5. The van der Waals surface area contributed by atoms with E-state index in [9.17, 15) is 31.7 Å². The second-order valence-corrected chi connectivity index (χ2v) is 22.2. The van der Waals surface area contributed by atoms with Gasteiger partial charge in [0.05, 0.1) is 48.7 Å². The number of benzene rings is 6. The maximum absolute atomic E-state index is 14.7. The van der Waals surface area contributed by atoms with Crippen LogP contribution in [0.25, 0.3) is 10.2 Å². The average molecular weight is 1110 g/mol. The van der Waals surface area contributed by atoms with Gasteiger partial charge in [0.1, 0.15) is 60.1 Å². The highest BCUT2D eigenvalue weighted by Gasteiger charge is 2.42. The molecule has 0 amide bonds. The summed E-state index contributed by atoms with van der Waals surface area (Å²) in [5, 5.41) is 23.4. The van der Waals surface area contributed by atoms with Crippen molar-refractivity contribution < 1.29 is 54.4 Å². The van der Waals surface area contributed by atoms with Crippen molar-refractivity contribution in [3.63, 3.8) is 0 Å². The van der Waals surface area contributed by atoms with Gasteiger partial charge in [0.25, 0.3) is 15.7 Å². The van der Waals surface area contributed by atoms with E-state index in [2.05, 4.69) is 25.3 Å². The minimum atomic E-state index is -4.41. The summed E-state index contributed by atoms with van der Waals surface area (Å²) in [5.41, 5.74) is 1.74. The Bertz CT molecular complexity index is 3480. The lowest BCUT2D eigenvalue weighted by Gasteiger charge is -2.36. The van der Waals surface area contributed by atoms with Crippen LogP contribution in [0.1, 0.15) is 47.8 Å². The largest absolute Gasteiger partial charge is 0.497 e. The van der Waals surface area contributed by atoms with E-state index in [4.69, 9.17) is 27.9 Å². The van der Waals surface area contributed by atoms with Crippen LogP contribution in [-0.4, -0.2) is 94.8 Å². The zero-order valence-corrected chi connectivity index (χ0v) is 44.9. The van der Waals surface area contributed by atoms with Gasteiger partial charge in [-0.15, -0.1) is 16.4 Å². The fourth-order valence-corrected chi connectivity index (χ4v) is 12.2. The van der Waals surface area contributed by atoms with Crippen molar-refractivity contribution in [2.24, 2.45) is 5.92 Å². The molecule has 23 heteroatoms. The minimum Gasteiger partial charge on any atom is -0.497 e. The number of thiazole rings is 1. The maximum atomic E-state index is 14.7. The number of esters is 1. The molecule has 0 fully saturated rings. The van der Waals surface area contributed by atoms with Gasteiger partial charge in [-0.3, -0.25) is 19.1 Å². The predicted molar refractivity (Wildman–Crippen MR) is 286 cm³/mol. The molecule has 402 valence electrons. The standard InChI is InChI=1S/C54H55N7O13S3/c1-36(2)49(33-55-47(52(62)71-5)31-37-15-21-44(22-16-37)72-29-30-74-77(67,68)51-14-10-9-13-48(51)61(63)64)60-34-41(57-59-60)35-73-45-27-28-46-50(32-45)75-53(56-46)76(65,66)58-54(38-11-7-6-8-12-38,39-17-23-42(69-3)24-18-39)40-19-25-43(70-4)26-20-40/h6-28,32,34,36,47,49,55,58H,29-31,33,35H2,1-5H3/t47-,49+/m0/s1. The predicted octanol–water partition coefficient (Wildman–Crippen LogP) is 8.02. The Morgan fingerprint density at radius 1 is 0.753 bits per heavy atom. The number of ether oxygens (including phenoxy) is 5. The Morgan fingerprint density at radius 3 is 1.99 bits per heavy atom. The molecule has 0 aliphatic carbocycles. The van der Waals surface area contributed by atoms with Crippen LogP contribution in [0.2, 0.25) is 0 Å². The Balaban J connectivity index is 0.901. The Morgan fingerprint density at radius 2 is 1.36 bits per heavy atom. The summed E-state index contributed by atoms with van der Waals surface area (Å²) >= 11 is 1.01. The number of nitro groups is 1. The van der Waals surface area contributed by atoms with Gasteiger partial charge >= 0.3 is 16.1 Å². The third kappa shape index (κ3) is 13.1. The molecule has 0 saturated carbocycles. The van der Waals surface area contributed by atoms with E-state index in [-0.39, 0.29) is 42.5 Å². The van der Waals surface area contributed by atoms with Gasteiger partial charge in [0, 0.05) is 12.6 Å². The summed E-state index contributed by atoms with van der Waals surface area (Å²) < 4.78 is 92.7. The molecule has 6 aromatic carbocycles. The number of rotatable bonds is 26. The maximum Gasteiger partial charge on any atom is 0.323 e. The van der Waals surface area contributed by atoms with E-state index in [1.54, 1.807) is 91.8 Å². The van der Waals surface area contributed by atoms with Crippen LogP contribution in [-0.2, 0) is 52.4 Å². The summed E-state index contributed by atoms with van der Waals surface area (Å²) in [5.74, 6) is 1.67.